The second-order valence-corrected chi connectivity index (χ2v) is 6.55. The van der Waals surface area contributed by atoms with Gasteiger partial charge in [-0.15, -0.1) is 0 Å². The molecule has 0 amide bonds. The van der Waals surface area contributed by atoms with Crippen molar-refractivity contribution in [3.8, 4) is 0 Å². The molecule has 1 fully saturated rings. The van der Waals surface area contributed by atoms with Crippen LogP contribution in [-0.4, -0.2) is 24.0 Å². The highest BCUT2D eigenvalue weighted by Gasteiger charge is 2.34. The lowest BCUT2D eigenvalue weighted by Crippen LogP contribution is -2.53. The number of nitrogens with two attached hydrogens (primary N) is 1. The van der Waals surface area contributed by atoms with Gasteiger partial charge in [0.25, 0.3) is 0 Å². The quantitative estimate of drug-likeness (QED) is 0.904. The first-order chi connectivity index (χ1) is 8.99. The normalized spacial score (nSPS) is 31.7. The first-order valence-electron chi connectivity index (χ1n) is 7.49. The van der Waals surface area contributed by atoms with Crippen molar-refractivity contribution < 1.29 is 0 Å². The van der Waals surface area contributed by atoms with E-state index in [1.807, 2.05) is 0 Å². The zero-order valence-electron chi connectivity index (χ0n) is 12.8. The molecule has 2 nitrogen and oxygen atoms in total. The van der Waals surface area contributed by atoms with Gasteiger partial charge in [0.2, 0.25) is 0 Å². The Hall–Kier alpha value is -0.860. The van der Waals surface area contributed by atoms with Gasteiger partial charge in [-0.3, -0.25) is 4.90 Å². The maximum Gasteiger partial charge on any atom is 0.0273 e. The Labute approximate surface area is 118 Å². The van der Waals surface area contributed by atoms with E-state index >= 15 is 0 Å². The van der Waals surface area contributed by atoms with Crippen molar-refractivity contribution in [3.63, 3.8) is 0 Å². The summed E-state index contributed by atoms with van der Waals surface area (Å²) in [6, 6.07) is 9.48. The molecule has 0 bridgehead atoms. The number of aryl methyl sites for hydroxylation is 1. The summed E-state index contributed by atoms with van der Waals surface area (Å²) >= 11 is 0. The number of hydrogen-bond acceptors (Lipinski definition) is 2. The van der Waals surface area contributed by atoms with Crippen LogP contribution in [0.2, 0.25) is 0 Å². The predicted octanol–water partition coefficient (Wildman–Crippen LogP) is 3.19. The van der Waals surface area contributed by atoms with Gasteiger partial charge in [0, 0.05) is 18.6 Å². The molecule has 1 aliphatic rings. The summed E-state index contributed by atoms with van der Waals surface area (Å²) in [5.74, 6) is 1.46. The zero-order chi connectivity index (χ0) is 14.0. The van der Waals surface area contributed by atoms with E-state index in [2.05, 4.69) is 57.0 Å². The number of benzene rings is 1. The van der Waals surface area contributed by atoms with Crippen molar-refractivity contribution in [1.82, 2.24) is 4.90 Å². The average Bonchev–Trinajstić information content (AvgIpc) is 2.30. The highest BCUT2D eigenvalue weighted by atomic mass is 15.2. The maximum atomic E-state index is 6.41. The topological polar surface area (TPSA) is 29.3 Å². The molecule has 0 saturated heterocycles. The molecule has 4 atom stereocenters. The van der Waals surface area contributed by atoms with E-state index in [0.717, 1.165) is 18.9 Å². The van der Waals surface area contributed by atoms with Crippen LogP contribution in [0, 0.1) is 18.8 Å². The third-order valence-electron chi connectivity index (χ3n) is 4.66. The summed E-state index contributed by atoms with van der Waals surface area (Å²) in [6.07, 6.45) is 2.46. The van der Waals surface area contributed by atoms with E-state index in [9.17, 15) is 0 Å². The molecule has 0 heterocycles. The molecule has 2 N–H and O–H groups in total. The van der Waals surface area contributed by atoms with Crippen LogP contribution in [0.1, 0.15) is 37.8 Å². The smallest absolute Gasteiger partial charge is 0.0273 e. The van der Waals surface area contributed by atoms with E-state index in [4.69, 9.17) is 5.73 Å². The van der Waals surface area contributed by atoms with Crippen molar-refractivity contribution >= 4 is 0 Å². The molecule has 0 aliphatic heterocycles. The van der Waals surface area contributed by atoms with Gasteiger partial charge in [-0.2, -0.15) is 0 Å². The molecule has 1 aromatic rings. The molecule has 0 spiro atoms. The van der Waals surface area contributed by atoms with Gasteiger partial charge in [-0.1, -0.05) is 38.1 Å². The Morgan fingerprint density at radius 1 is 1.21 bits per heavy atom. The minimum Gasteiger partial charge on any atom is -0.326 e. The minimum atomic E-state index is 0.313. The molecular formula is C17H28N2. The van der Waals surface area contributed by atoms with Crippen LogP contribution in [-0.2, 0) is 6.54 Å². The highest BCUT2D eigenvalue weighted by Crippen LogP contribution is 2.31. The van der Waals surface area contributed by atoms with Crippen LogP contribution in [0.4, 0.5) is 0 Å². The summed E-state index contributed by atoms with van der Waals surface area (Å²) in [5, 5.41) is 0. The molecule has 19 heavy (non-hydrogen) atoms. The van der Waals surface area contributed by atoms with Crippen LogP contribution in [0.15, 0.2) is 24.3 Å². The van der Waals surface area contributed by atoms with Crippen LogP contribution in [0.3, 0.4) is 0 Å². The van der Waals surface area contributed by atoms with Gasteiger partial charge in [0.15, 0.2) is 0 Å². The van der Waals surface area contributed by atoms with E-state index in [-0.39, 0.29) is 0 Å². The fourth-order valence-corrected chi connectivity index (χ4v) is 3.82. The lowest BCUT2D eigenvalue weighted by atomic mass is 9.76. The number of rotatable bonds is 3. The number of hydrogen-bond donors (Lipinski definition) is 1. The Kier molecular flexibility index (Phi) is 4.64. The fourth-order valence-electron chi connectivity index (χ4n) is 3.82. The standard InChI is InChI=1S/C17H28N2/c1-12-9-14(3)17(16(18)10-12)19(4)11-15-8-6-5-7-13(15)2/h5-8,12,14,16-17H,9-11,18H2,1-4H3. The van der Waals surface area contributed by atoms with E-state index in [1.54, 1.807) is 0 Å². The van der Waals surface area contributed by atoms with Crippen LogP contribution in [0.5, 0.6) is 0 Å². The molecule has 106 valence electrons. The Morgan fingerprint density at radius 2 is 1.89 bits per heavy atom. The van der Waals surface area contributed by atoms with Crippen molar-refractivity contribution in [2.75, 3.05) is 7.05 Å². The molecule has 4 unspecified atom stereocenters. The largest absolute Gasteiger partial charge is 0.326 e. The van der Waals surface area contributed by atoms with Gasteiger partial charge in [0.1, 0.15) is 0 Å². The molecule has 0 radical (unpaired) electrons. The average molecular weight is 260 g/mol. The predicted molar refractivity (Wildman–Crippen MR) is 82.0 cm³/mol. The van der Waals surface area contributed by atoms with Gasteiger partial charge >= 0.3 is 0 Å². The van der Waals surface area contributed by atoms with Crippen LogP contribution < -0.4 is 5.73 Å². The third kappa shape index (κ3) is 3.37. The Bertz CT molecular complexity index is 403. The molecule has 2 heteroatoms. The number of nitrogens with zero attached hydrogens (tertiary/aromatic N) is 1. The van der Waals surface area contributed by atoms with Gasteiger partial charge in [-0.25, -0.2) is 0 Å². The molecular weight excluding hydrogens is 232 g/mol. The van der Waals surface area contributed by atoms with E-state index in [0.29, 0.717) is 18.0 Å². The summed E-state index contributed by atoms with van der Waals surface area (Å²) < 4.78 is 0. The first-order valence-corrected chi connectivity index (χ1v) is 7.49. The van der Waals surface area contributed by atoms with Crippen molar-refractivity contribution in [2.24, 2.45) is 17.6 Å². The zero-order valence-corrected chi connectivity index (χ0v) is 12.8. The third-order valence-corrected chi connectivity index (χ3v) is 4.66. The Morgan fingerprint density at radius 3 is 2.53 bits per heavy atom. The van der Waals surface area contributed by atoms with Crippen molar-refractivity contribution in [2.45, 2.75) is 52.2 Å². The SMILES string of the molecule is Cc1ccccc1CN(C)C1C(C)CC(C)CC1N. The summed E-state index contributed by atoms with van der Waals surface area (Å²) in [5.41, 5.74) is 9.21. The highest BCUT2D eigenvalue weighted by molar-refractivity contribution is 5.25. The van der Waals surface area contributed by atoms with Gasteiger partial charge in [0.05, 0.1) is 0 Å². The molecule has 2 rings (SSSR count). The second kappa shape index (κ2) is 6.06. The maximum absolute atomic E-state index is 6.41. The minimum absolute atomic E-state index is 0.313. The monoisotopic (exact) mass is 260 g/mol. The molecule has 1 aromatic carbocycles. The van der Waals surface area contributed by atoms with Crippen molar-refractivity contribution in [1.29, 1.82) is 0 Å². The van der Waals surface area contributed by atoms with E-state index in [1.165, 1.54) is 17.5 Å². The lowest BCUT2D eigenvalue weighted by molar-refractivity contribution is 0.0909. The van der Waals surface area contributed by atoms with Crippen molar-refractivity contribution in [3.05, 3.63) is 35.4 Å². The Balaban J connectivity index is 2.07. The summed E-state index contributed by atoms with van der Waals surface area (Å²) in [6.45, 7) is 7.88. The first kappa shape index (κ1) is 14.5. The summed E-state index contributed by atoms with van der Waals surface area (Å²) in [4.78, 5) is 2.46. The molecule has 1 saturated carbocycles. The van der Waals surface area contributed by atoms with Crippen LogP contribution in [0.25, 0.3) is 0 Å². The molecule has 1 aliphatic carbocycles. The van der Waals surface area contributed by atoms with Gasteiger partial charge < -0.3 is 5.73 Å². The lowest BCUT2D eigenvalue weighted by Gasteiger charge is -2.43. The second-order valence-electron chi connectivity index (χ2n) is 6.55. The summed E-state index contributed by atoms with van der Waals surface area (Å²) in [7, 11) is 2.23. The van der Waals surface area contributed by atoms with E-state index < -0.39 is 0 Å². The molecule has 0 aromatic heterocycles. The fraction of sp³-hybridized carbons (Fsp3) is 0.647. The van der Waals surface area contributed by atoms with Crippen LogP contribution >= 0.6 is 0 Å². The number of likely N-dealkylation sites (N-methyl/N-ethyl adjacent to an activating group) is 1. The van der Waals surface area contributed by atoms with Gasteiger partial charge in [-0.05, 0) is 49.8 Å².